The first-order valence-electron chi connectivity index (χ1n) is 17.8. The van der Waals surface area contributed by atoms with Crippen molar-refractivity contribution < 1.29 is 4.42 Å². The number of benzene rings is 9. The summed E-state index contributed by atoms with van der Waals surface area (Å²) in [7, 11) is 0. The largest absolute Gasteiger partial charge is 0.455 e. The van der Waals surface area contributed by atoms with Crippen LogP contribution in [0.3, 0.4) is 0 Å². The monoisotopic (exact) mass is 663 g/mol. The van der Waals surface area contributed by atoms with Crippen molar-refractivity contribution in [3.8, 4) is 33.4 Å². The second kappa shape index (κ2) is 12.5. The summed E-state index contributed by atoms with van der Waals surface area (Å²) in [5.41, 5.74) is 12.2. The highest BCUT2D eigenvalue weighted by atomic mass is 16.3. The number of hydrogen-bond donors (Lipinski definition) is 0. The van der Waals surface area contributed by atoms with Crippen molar-refractivity contribution in [2.24, 2.45) is 0 Å². The molecule has 10 aromatic rings. The summed E-state index contributed by atoms with van der Waals surface area (Å²) in [4.78, 5) is 2.36. The zero-order valence-corrected chi connectivity index (χ0v) is 28.4. The van der Waals surface area contributed by atoms with E-state index in [1.165, 1.54) is 38.4 Å². The Morgan fingerprint density at radius 3 is 1.71 bits per heavy atom. The van der Waals surface area contributed by atoms with E-state index in [-0.39, 0.29) is 0 Å². The van der Waals surface area contributed by atoms with Crippen LogP contribution in [0.1, 0.15) is 0 Å². The SMILES string of the molecule is c1ccc(-c2cccc(N(c3ccc(-c4cccc5oc6c7ccccc7ccc6c45)cc3)c3cccc(-c4ccc5ccccc5c4)c3)c2)cc1. The van der Waals surface area contributed by atoms with E-state index in [1.807, 2.05) is 0 Å². The van der Waals surface area contributed by atoms with Gasteiger partial charge in [0.15, 0.2) is 0 Å². The van der Waals surface area contributed by atoms with Crippen molar-refractivity contribution in [2.45, 2.75) is 0 Å². The lowest BCUT2D eigenvalue weighted by atomic mass is 9.97. The van der Waals surface area contributed by atoms with E-state index in [2.05, 4.69) is 205 Å². The minimum atomic E-state index is 0.901. The average Bonchev–Trinajstić information content (AvgIpc) is 3.61. The number of nitrogens with zero attached hydrogens (tertiary/aromatic N) is 1. The molecule has 0 saturated carbocycles. The van der Waals surface area contributed by atoms with Gasteiger partial charge < -0.3 is 9.32 Å². The summed E-state index contributed by atoms with van der Waals surface area (Å²) in [5.74, 6) is 0. The minimum Gasteiger partial charge on any atom is -0.455 e. The molecule has 0 N–H and O–H groups in total. The molecule has 0 atom stereocenters. The quantitative estimate of drug-likeness (QED) is 0.176. The van der Waals surface area contributed by atoms with Crippen LogP contribution in [0.4, 0.5) is 17.1 Å². The molecule has 9 aromatic carbocycles. The Morgan fingerprint density at radius 1 is 0.327 bits per heavy atom. The van der Waals surface area contributed by atoms with Crippen molar-refractivity contribution >= 4 is 60.5 Å². The molecule has 52 heavy (non-hydrogen) atoms. The number of hydrogen-bond acceptors (Lipinski definition) is 2. The number of fused-ring (bicyclic) bond motifs is 6. The Hall–Kier alpha value is -6.90. The van der Waals surface area contributed by atoms with Crippen molar-refractivity contribution in [1.29, 1.82) is 0 Å². The van der Waals surface area contributed by atoms with Crippen molar-refractivity contribution in [1.82, 2.24) is 0 Å². The van der Waals surface area contributed by atoms with E-state index in [9.17, 15) is 0 Å². The number of anilines is 3. The van der Waals surface area contributed by atoms with Gasteiger partial charge in [-0.25, -0.2) is 0 Å². The molecule has 0 aliphatic carbocycles. The molecule has 0 fully saturated rings. The predicted molar refractivity (Wildman–Crippen MR) is 220 cm³/mol. The first kappa shape index (κ1) is 30.0. The second-order valence-corrected chi connectivity index (χ2v) is 13.4. The zero-order valence-electron chi connectivity index (χ0n) is 28.4. The van der Waals surface area contributed by atoms with E-state index in [4.69, 9.17) is 4.42 Å². The Balaban J connectivity index is 1.10. The molecule has 0 amide bonds. The van der Waals surface area contributed by atoms with Crippen LogP contribution in [0, 0.1) is 0 Å². The molecular formula is C50H33NO. The van der Waals surface area contributed by atoms with Gasteiger partial charge in [0.1, 0.15) is 11.2 Å². The van der Waals surface area contributed by atoms with Crippen LogP contribution in [0.5, 0.6) is 0 Å². The van der Waals surface area contributed by atoms with Crippen LogP contribution in [0.15, 0.2) is 205 Å². The molecule has 0 aliphatic heterocycles. The van der Waals surface area contributed by atoms with Gasteiger partial charge in [-0.1, -0.05) is 146 Å². The topological polar surface area (TPSA) is 16.4 Å². The molecule has 1 heterocycles. The molecule has 0 unspecified atom stereocenters. The standard InChI is InChI=1S/C50H33NO/c1-2-11-34(12-3-1)39-16-8-18-43(32-39)51(44-19-9-17-40(33-44)41-24-23-35-13-4-5-15-38(35)31-41)42-28-25-37(26-29-42)45-21-10-22-48-49(45)47-30-27-36-14-6-7-20-46(36)50(47)52-48/h1-33H. The predicted octanol–water partition coefficient (Wildman–Crippen LogP) is 14.4. The summed E-state index contributed by atoms with van der Waals surface area (Å²) >= 11 is 0. The van der Waals surface area contributed by atoms with Gasteiger partial charge in [-0.15, -0.1) is 0 Å². The first-order valence-corrected chi connectivity index (χ1v) is 17.8. The highest BCUT2D eigenvalue weighted by Crippen LogP contribution is 2.42. The van der Waals surface area contributed by atoms with Gasteiger partial charge in [-0.05, 0) is 104 Å². The first-order chi connectivity index (χ1) is 25.8. The van der Waals surface area contributed by atoms with E-state index in [0.29, 0.717) is 0 Å². The van der Waals surface area contributed by atoms with Crippen molar-refractivity contribution in [3.63, 3.8) is 0 Å². The lowest BCUT2D eigenvalue weighted by Crippen LogP contribution is -2.10. The minimum absolute atomic E-state index is 0.901. The number of furan rings is 1. The van der Waals surface area contributed by atoms with Gasteiger partial charge in [0.05, 0.1) is 0 Å². The molecule has 0 spiro atoms. The summed E-state index contributed by atoms with van der Waals surface area (Å²) < 4.78 is 6.52. The maximum atomic E-state index is 6.52. The normalized spacial score (nSPS) is 11.5. The molecule has 2 nitrogen and oxygen atoms in total. The third kappa shape index (κ3) is 5.21. The van der Waals surface area contributed by atoms with Gasteiger partial charge in [-0.2, -0.15) is 0 Å². The second-order valence-electron chi connectivity index (χ2n) is 13.4. The van der Waals surface area contributed by atoms with Crippen molar-refractivity contribution in [2.75, 3.05) is 4.90 Å². The summed E-state index contributed by atoms with van der Waals surface area (Å²) in [6, 6.07) is 71.7. The fourth-order valence-corrected chi connectivity index (χ4v) is 7.68. The van der Waals surface area contributed by atoms with E-state index < -0.39 is 0 Å². The van der Waals surface area contributed by atoms with Crippen LogP contribution in [-0.4, -0.2) is 0 Å². The van der Waals surface area contributed by atoms with Gasteiger partial charge in [0.25, 0.3) is 0 Å². The molecule has 0 aliphatic rings. The third-order valence-electron chi connectivity index (χ3n) is 10.2. The molecule has 1 aromatic heterocycles. The Kier molecular flexibility index (Phi) is 7.18. The van der Waals surface area contributed by atoms with Crippen LogP contribution in [0.25, 0.3) is 76.9 Å². The maximum Gasteiger partial charge on any atom is 0.143 e. The molecule has 0 radical (unpaired) electrons. The molecule has 10 rings (SSSR count). The van der Waals surface area contributed by atoms with E-state index in [0.717, 1.165) is 55.5 Å². The smallest absolute Gasteiger partial charge is 0.143 e. The molecule has 244 valence electrons. The van der Waals surface area contributed by atoms with Gasteiger partial charge in [0, 0.05) is 33.2 Å². The van der Waals surface area contributed by atoms with Crippen molar-refractivity contribution in [3.05, 3.63) is 200 Å². The summed E-state index contributed by atoms with van der Waals surface area (Å²) in [6.45, 7) is 0. The highest BCUT2D eigenvalue weighted by Gasteiger charge is 2.17. The van der Waals surface area contributed by atoms with Crippen LogP contribution >= 0.6 is 0 Å². The van der Waals surface area contributed by atoms with Gasteiger partial charge in [0.2, 0.25) is 0 Å². The fraction of sp³-hybridized carbons (Fsp3) is 0. The summed E-state index contributed by atoms with van der Waals surface area (Å²) in [6.07, 6.45) is 0. The fourth-order valence-electron chi connectivity index (χ4n) is 7.68. The van der Waals surface area contributed by atoms with Crippen LogP contribution in [-0.2, 0) is 0 Å². The third-order valence-corrected chi connectivity index (χ3v) is 10.2. The Morgan fingerprint density at radius 2 is 0.923 bits per heavy atom. The Bertz CT molecular complexity index is 2900. The average molecular weight is 664 g/mol. The maximum absolute atomic E-state index is 6.52. The van der Waals surface area contributed by atoms with E-state index in [1.54, 1.807) is 0 Å². The highest BCUT2D eigenvalue weighted by molar-refractivity contribution is 6.19. The molecule has 0 bridgehead atoms. The van der Waals surface area contributed by atoms with Gasteiger partial charge in [-0.3, -0.25) is 0 Å². The lowest BCUT2D eigenvalue weighted by molar-refractivity contribution is 0.673. The van der Waals surface area contributed by atoms with E-state index >= 15 is 0 Å². The molecule has 0 saturated heterocycles. The number of rotatable bonds is 6. The molecule has 2 heteroatoms. The zero-order chi connectivity index (χ0) is 34.4. The lowest BCUT2D eigenvalue weighted by Gasteiger charge is -2.27. The molecular weight excluding hydrogens is 631 g/mol. The Labute approximate surface area is 302 Å². The van der Waals surface area contributed by atoms with Crippen LogP contribution < -0.4 is 4.90 Å². The van der Waals surface area contributed by atoms with Gasteiger partial charge >= 0.3 is 0 Å². The summed E-state index contributed by atoms with van der Waals surface area (Å²) in [5, 5.41) is 7.08. The van der Waals surface area contributed by atoms with Crippen LogP contribution in [0.2, 0.25) is 0 Å².